The molecule has 0 spiro atoms. The molecular weight excluding hydrogens is 383 g/mol. The van der Waals surface area contributed by atoms with Crippen LogP contribution in [0.4, 0.5) is 10.1 Å². The van der Waals surface area contributed by atoms with E-state index in [4.69, 9.17) is 4.74 Å². The molecule has 1 atom stereocenters. The zero-order chi connectivity index (χ0) is 20.5. The van der Waals surface area contributed by atoms with Gasteiger partial charge in [-0.15, -0.1) is 0 Å². The van der Waals surface area contributed by atoms with Crippen LogP contribution in [0, 0.1) is 12.7 Å². The molecule has 1 aliphatic heterocycles. The van der Waals surface area contributed by atoms with Gasteiger partial charge in [-0.25, -0.2) is 17.6 Å². The van der Waals surface area contributed by atoms with Crippen molar-refractivity contribution >= 4 is 21.7 Å². The van der Waals surface area contributed by atoms with Gasteiger partial charge in [-0.1, -0.05) is 6.07 Å². The molecule has 1 unspecified atom stereocenters. The van der Waals surface area contributed by atoms with Gasteiger partial charge in [-0.3, -0.25) is 0 Å². The van der Waals surface area contributed by atoms with Crippen LogP contribution in [0.5, 0.6) is 0 Å². The lowest BCUT2D eigenvalue weighted by Gasteiger charge is -2.40. The van der Waals surface area contributed by atoms with Crippen LogP contribution in [0.3, 0.4) is 0 Å². The molecule has 0 saturated carbocycles. The minimum absolute atomic E-state index is 0.0293. The number of carbonyl (C=O) groups excluding carboxylic acids is 1. The first kappa shape index (κ1) is 20.3. The van der Waals surface area contributed by atoms with Gasteiger partial charge in [0, 0.05) is 31.4 Å². The highest BCUT2D eigenvalue weighted by molar-refractivity contribution is 7.89. The third kappa shape index (κ3) is 3.88. The number of carbonyl (C=O) groups is 1. The summed E-state index contributed by atoms with van der Waals surface area (Å²) < 4.78 is 45.8. The molecule has 0 bridgehead atoms. The van der Waals surface area contributed by atoms with Crippen molar-refractivity contribution in [3.63, 3.8) is 0 Å². The number of benzene rings is 2. The zero-order valence-electron chi connectivity index (χ0n) is 16.1. The molecule has 0 aliphatic carbocycles. The van der Waals surface area contributed by atoms with Gasteiger partial charge in [-0.2, -0.15) is 4.31 Å². The molecule has 1 fully saturated rings. The predicted octanol–water partition coefficient (Wildman–Crippen LogP) is 2.82. The lowest BCUT2D eigenvalue weighted by atomic mass is 10.1. The van der Waals surface area contributed by atoms with Crippen molar-refractivity contribution < 1.29 is 22.3 Å². The highest BCUT2D eigenvalue weighted by Gasteiger charge is 2.34. The van der Waals surface area contributed by atoms with E-state index >= 15 is 0 Å². The quantitative estimate of drug-likeness (QED) is 0.731. The van der Waals surface area contributed by atoms with E-state index in [9.17, 15) is 17.6 Å². The number of nitrogens with zero attached hydrogens (tertiary/aromatic N) is 2. The molecule has 0 amide bonds. The van der Waals surface area contributed by atoms with Crippen LogP contribution < -0.4 is 4.90 Å². The third-order valence-electron chi connectivity index (χ3n) is 4.97. The van der Waals surface area contributed by atoms with Crippen LogP contribution in [0.2, 0.25) is 0 Å². The SMILES string of the molecule is COC(=O)c1ccc(N2CCN(S(=O)(=O)c3ccc(C)c(F)c3)C(C)C2)cc1. The van der Waals surface area contributed by atoms with Gasteiger partial charge in [0.25, 0.3) is 0 Å². The maximum Gasteiger partial charge on any atom is 0.337 e. The number of methoxy groups -OCH3 is 1. The molecule has 1 aliphatic rings. The molecule has 2 aromatic rings. The van der Waals surface area contributed by atoms with Crippen LogP contribution in [0.25, 0.3) is 0 Å². The van der Waals surface area contributed by atoms with E-state index in [0.29, 0.717) is 24.2 Å². The molecule has 1 saturated heterocycles. The van der Waals surface area contributed by atoms with Crippen molar-refractivity contribution in [1.29, 1.82) is 0 Å². The minimum atomic E-state index is -3.77. The Labute approximate surface area is 164 Å². The summed E-state index contributed by atoms with van der Waals surface area (Å²) in [7, 11) is -2.44. The van der Waals surface area contributed by atoms with Gasteiger partial charge >= 0.3 is 5.97 Å². The van der Waals surface area contributed by atoms with E-state index in [-0.39, 0.29) is 17.5 Å². The Balaban J connectivity index is 1.76. The fourth-order valence-electron chi connectivity index (χ4n) is 3.33. The molecule has 3 rings (SSSR count). The smallest absolute Gasteiger partial charge is 0.337 e. The molecule has 6 nitrogen and oxygen atoms in total. The van der Waals surface area contributed by atoms with E-state index in [2.05, 4.69) is 4.90 Å². The second-order valence-corrected chi connectivity index (χ2v) is 8.75. The fourth-order valence-corrected chi connectivity index (χ4v) is 4.95. The number of aryl methyl sites for hydroxylation is 1. The predicted molar refractivity (Wildman–Crippen MR) is 104 cm³/mol. The van der Waals surface area contributed by atoms with Crippen molar-refractivity contribution in [3.8, 4) is 0 Å². The largest absolute Gasteiger partial charge is 0.465 e. The van der Waals surface area contributed by atoms with Crippen molar-refractivity contribution in [3.05, 3.63) is 59.4 Å². The second kappa shape index (κ2) is 7.89. The Bertz CT molecular complexity index is 976. The number of halogens is 1. The summed E-state index contributed by atoms with van der Waals surface area (Å²) in [5.74, 6) is -0.931. The van der Waals surface area contributed by atoms with Crippen molar-refractivity contribution in [2.45, 2.75) is 24.8 Å². The Hall–Kier alpha value is -2.45. The Morgan fingerprint density at radius 3 is 2.39 bits per heavy atom. The molecule has 28 heavy (non-hydrogen) atoms. The van der Waals surface area contributed by atoms with Gasteiger partial charge in [0.2, 0.25) is 10.0 Å². The van der Waals surface area contributed by atoms with Gasteiger partial charge in [0.1, 0.15) is 5.82 Å². The maximum atomic E-state index is 13.8. The summed E-state index contributed by atoms with van der Waals surface area (Å²) in [5.41, 5.74) is 1.77. The van der Waals surface area contributed by atoms with Crippen LogP contribution in [-0.2, 0) is 14.8 Å². The number of hydrogen-bond acceptors (Lipinski definition) is 5. The van der Waals surface area contributed by atoms with Gasteiger partial charge in [0.05, 0.1) is 17.6 Å². The molecule has 1 heterocycles. The summed E-state index contributed by atoms with van der Waals surface area (Å²) in [4.78, 5) is 13.6. The number of rotatable bonds is 4. The third-order valence-corrected chi connectivity index (χ3v) is 6.98. The van der Waals surface area contributed by atoms with Crippen LogP contribution in [0.1, 0.15) is 22.8 Å². The number of anilines is 1. The van der Waals surface area contributed by atoms with E-state index in [1.807, 2.05) is 19.1 Å². The number of ether oxygens (including phenoxy) is 1. The Morgan fingerprint density at radius 1 is 1.14 bits per heavy atom. The van der Waals surface area contributed by atoms with Crippen LogP contribution >= 0.6 is 0 Å². The lowest BCUT2D eigenvalue weighted by Crippen LogP contribution is -2.54. The highest BCUT2D eigenvalue weighted by Crippen LogP contribution is 2.26. The monoisotopic (exact) mass is 406 g/mol. The van der Waals surface area contributed by atoms with E-state index in [0.717, 1.165) is 11.8 Å². The fraction of sp³-hybridized carbons (Fsp3) is 0.350. The summed E-state index contributed by atoms with van der Waals surface area (Å²) in [6, 6.07) is 10.7. The van der Waals surface area contributed by atoms with E-state index in [1.165, 1.54) is 23.5 Å². The summed E-state index contributed by atoms with van der Waals surface area (Å²) in [6.07, 6.45) is 0. The van der Waals surface area contributed by atoms with Gasteiger partial charge < -0.3 is 9.64 Å². The van der Waals surface area contributed by atoms with Gasteiger partial charge in [0.15, 0.2) is 0 Å². The number of sulfonamides is 1. The van der Waals surface area contributed by atoms with Crippen LogP contribution in [-0.4, -0.2) is 51.5 Å². The lowest BCUT2D eigenvalue weighted by molar-refractivity contribution is 0.0600. The highest BCUT2D eigenvalue weighted by atomic mass is 32.2. The number of hydrogen-bond donors (Lipinski definition) is 0. The molecule has 150 valence electrons. The van der Waals surface area contributed by atoms with Crippen molar-refractivity contribution in [1.82, 2.24) is 4.31 Å². The van der Waals surface area contributed by atoms with Crippen molar-refractivity contribution in [2.75, 3.05) is 31.6 Å². The minimum Gasteiger partial charge on any atom is -0.465 e. The molecule has 2 aromatic carbocycles. The van der Waals surface area contributed by atoms with Crippen molar-refractivity contribution in [2.24, 2.45) is 0 Å². The van der Waals surface area contributed by atoms with Crippen LogP contribution in [0.15, 0.2) is 47.4 Å². The van der Waals surface area contributed by atoms with E-state index in [1.54, 1.807) is 19.1 Å². The number of esters is 1. The van der Waals surface area contributed by atoms with E-state index < -0.39 is 21.8 Å². The van der Waals surface area contributed by atoms with Gasteiger partial charge in [-0.05, 0) is 55.8 Å². The molecule has 8 heteroatoms. The maximum absolute atomic E-state index is 13.8. The molecular formula is C20H23FN2O4S. The first-order valence-electron chi connectivity index (χ1n) is 8.95. The molecule has 0 N–H and O–H groups in total. The second-order valence-electron chi connectivity index (χ2n) is 6.86. The summed E-state index contributed by atoms with van der Waals surface area (Å²) >= 11 is 0. The molecule has 0 aromatic heterocycles. The first-order chi connectivity index (χ1) is 13.2. The summed E-state index contributed by atoms with van der Waals surface area (Å²) in [6.45, 7) is 4.70. The average molecular weight is 406 g/mol. The number of piperazine rings is 1. The first-order valence-corrected chi connectivity index (χ1v) is 10.4. The Morgan fingerprint density at radius 2 is 1.82 bits per heavy atom. The normalized spacial score (nSPS) is 18.1. The zero-order valence-corrected chi connectivity index (χ0v) is 16.9. The summed E-state index contributed by atoms with van der Waals surface area (Å²) in [5, 5.41) is 0. The topological polar surface area (TPSA) is 66.9 Å². The Kier molecular flexibility index (Phi) is 5.71. The standard InChI is InChI=1S/C20H23FN2O4S/c1-14-4-9-18(12-19(14)21)28(25,26)23-11-10-22(13-15(23)2)17-7-5-16(6-8-17)20(24)27-3/h4-9,12,15H,10-11,13H2,1-3H3. The average Bonchev–Trinajstić information content (AvgIpc) is 2.69. The molecule has 0 radical (unpaired) electrons.